The van der Waals surface area contributed by atoms with E-state index in [2.05, 4.69) is 9.97 Å². The molecule has 2 aromatic rings. The van der Waals surface area contributed by atoms with Crippen molar-refractivity contribution in [1.29, 1.82) is 0 Å². The minimum atomic E-state index is -0.0899. The lowest BCUT2D eigenvalue weighted by atomic mass is 10.1. The van der Waals surface area contributed by atoms with Crippen LogP contribution in [0.5, 0.6) is 0 Å². The number of carbonyl (C=O) groups is 1. The van der Waals surface area contributed by atoms with Gasteiger partial charge in [0.1, 0.15) is 10.7 Å². The number of thiazole rings is 1. The first-order valence-electron chi connectivity index (χ1n) is 6.24. The lowest BCUT2D eigenvalue weighted by molar-refractivity contribution is 0.0737. The van der Waals surface area contributed by atoms with E-state index in [-0.39, 0.29) is 11.9 Å². The lowest BCUT2D eigenvalue weighted by Gasteiger charge is -2.24. The smallest absolute Gasteiger partial charge is 0.273 e. The molecule has 0 spiro atoms. The number of ether oxygens (including phenoxy) is 1. The fraction of sp³-hybridized carbons (Fsp3) is 0.357. The summed E-state index contributed by atoms with van der Waals surface area (Å²) in [6.07, 6.45) is 3.45. The van der Waals surface area contributed by atoms with Crippen LogP contribution < -0.4 is 0 Å². The third kappa shape index (κ3) is 3.20. The molecule has 5 nitrogen and oxygen atoms in total. The number of methoxy groups -OCH3 is 1. The van der Waals surface area contributed by atoms with E-state index in [1.165, 1.54) is 11.3 Å². The summed E-state index contributed by atoms with van der Waals surface area (Å²) < 4.78 is 5.01. The molecule has 0 N–H and O–H groups in total. The molecule has 106 valence electrons. The van der Waals surface area contributed by atoms with Gasteiger partial charge >= 0.3 is 0 Å². The first-order chi connectivity index (χ1) is 9.63. The summed E-state index contributed by atoms with van der Waals surface area (Å²) in [7, 11) is 3.39. The van der Waals surface area contributed by atoms with E-state index in [0.29, 0.717) is 12.3 Å². The van der Waals surface area contributed by atoms with Crippen molar-refractivity contribution in [3.8, 4) is 0 Å². The molecule has 0 aliphatic rings. The normalized spacial score (nSPS) is 12.2. The number of pyridine rings is 1. The van der Waals surface area contributed by atoms with Crippen LogP contribution in [0.15, 0.2) is 29.9 Å². The van der Waals surface area contributed by atoms with Gasteiger partial charge in [-0.05, 0) is 24.6 Å². The van der Waals surface area contributed by atoms with Crippen molar-refractivity contribution < 1.29 is 9.53 Å². The summed E-state index contributed by atoms with van der Waals surface area (Å²) in [5.41, 5.74) is 1.51. The van der Waals surface area contributed by atoms with Gasteiger partial charge in [-0.1, -0.05) is 0 Å². The third-order valence-electron chi connectivity index (χ3n) is 3.13. The van der Waals surface area contributed by atoms with Crippen molar-refractivity contribution in [1.82, 2.24) is 14.9 Å². The molecule has 2 heterocycles. The molecule has 0 fully saturated rings. The molecule has 1 atom stereocenters. The van der Waals surface area contributed by atoms with Crippen molar-refractivity contribution in [2.24, 2.45) is 0 Å². The minimum Gasteiger partial charge on any atom is -0.378 e. The predicted octanol–water partition coefficient (Wildman–Crippen LogP) is 2.52. The van der Waals surface area contributed by atoms with Gasteiger partial charge in [0.05, 0.1) is 12.6 Å². The molecule has 2 rings (SSSR count). The lowest BCUT2D eigenvalue weighted by Crippen LogP contribution is -2.29. The van der Waals surface area contributed by atoms with Crippen LogP contribution in [-0.2, 0) is 11.3 Å². The fourth-order valence-electron chi connectivity index (χ4n) is 1.82. The highest BCUT2D eigenvalue weighted by atomic mass is 32.1. The van der Waals surface area contributed by atoms with Gasteiger partial charge < -0.3 is 9.64 Å². The van der Waals surface area contributed by atoms with E-state index in [9.17, 15) is 4.79 Å². The van der Waals surface area contributed by atoms with Crippen LogP contribution in [0.2, 0.25) is 0 Å². The number of aromatic nitrogens is 2. The van der Waals surface area contributed by atoms with Crippen molar-refractivity contribution in [3.05, 3.63) is 46.2 Å². The van der Waals surface area contributed by atoms with Crippen LogP contribution in [0.4, 0.5) is 0 Å². The second-order valence-electron chi connectivity index (χ2n) is 4.43. The topological polar surface area (TPSA) is 55.3 Å². The highest BCUT2D eigenvalue weighted by Crippen LogP contribution is 2.21. The van der Waals surface area contributed by atoms with Crippen LogP contribution in [0, 0.1) is 0 Å². The molecule has 2 aromatic heterocycles. The van der Waals surface area contributed by atoms with Gasteiger partial charge in [-0.15, -0.1) is 11.3 Å². The van der Waals surface area contributed by atoms with Gasteiger partial charge in [0.2, 0.25) is 0 Å². The zero-order valence-corrected chi connectivity index (χ0v) is 12.6. The summed E-state index contributed by atoms with van der Waals surface area (Å²) in [5.74, 6) is -0.0899. The monoisotopic (exact) mass is 291 g/mol. The molecule has 0 radical (unpaired) electrons. The average molecular weight is 291 g/mol. The Morgan fingerprint density at radius 2 is 2.15 bits per heavy atom. The Hall–Kier alpha value is -1.79. The third-order valence-corrected chi connectivity index (χ3v) is 3.95. The fourth-order valence-corrected chi connectivity index (χ4v) is 2.56. The van der Waals surface area contributed by atoms with Crippen molar-refractivity contribution in [2.75, 3.05) is 14.2 Å². The SMILES string of the molecule is COCc1nc(C(=O)N(C)C(C)c2ccncc2)cs1. The van der Waals surface area contributed by atoms with Crippen LogP contribution in [-0.4, -0.2) is 34.9 Å². The highest BCUT2D eigenvalue weighted by molar-refractivity contribution is 7.09. The second-order valence-corrected chi connectivity index (χ2v) is 5.37. The highest BCUT2D eigenvalue weighted by Gasteiger charge is 2.21. The molecular weight excluding hydrogens is 274 g/mol. The maximum atomic E-state index is 12.4. The zero-order valence-electron chi connectivity index (χ0n) is 11.7. The number of carbonyl (C=O) groups excluding carboxylic acids is 1. The predicted molar refractivity (Wildman–Crippen MR) is 77.6 cm³/mol. The molecule has 0 aromatic carbocycles. The van der Waals surface area contributed by atoms with Gasteiger partial charge in [-0.3, -0.25) is 9.78 Å². The minimum absolute atomic E-state index is 0.0296. The Kier molecular flexibility index (Phi) is 4.81. The summed E-state index contributed by atoms with van der Waals surface area (Å²) in [5, 5.41) is 2.58. The molecule has 1 unspecified atom stereocenters. The number of nitrogens with zero attached hydrogens (tertiary/aromatic N) is 3. The van der Waals surface area contributed by atoms with E-state index < -0.39 is 0 Å². The zero-order chi connectivity index (χ0) is 14.5. The largest absolute Gasteiger partial charge is 0.378 e. The summed E-state index contributed by atoms with van der Waals surface area (Å²) in [6, 6.07) is 3.79. The van der Waals surface area contributed by atoms with Gasteiger partial charge in [-0.2, -0.15) is 0 Å². The first-order valence-corrected chi connectivity index (χ1v) is 7.12. The molecule has 6 heteroatoms. The molecule has 0 bridgehead atoms. The van der Waals surface area contributed by atoms with Gasteiger partial charge in [0.15, 0.2) is 0 Å². The Morgan fingerprint density at radius 1 is 1.45 bits per heavy atom. The standard InChI is InChI=1S/C14H17N3O2S/c1-10(11-4-6-15-7-5-11)17(2)14(18)12-9-20-13(16-12)8-19-3/h4-7,9-10H,8H2,1-3H3. The Bertz CT molecular complexity index is 571. The van der Waals surface area contributed by atoms with E-state index in [0.717, 1.165) is 10.6 Å². The molecular formula is C14H17N3O2S. The number of amides is 1. The van der Waals surface area contributed by atoms with Gasteiger partial charge in [0.25, 0.3) is 5.91 Å². The number of hydrogen-bond donors (Lipinski definition) is 0. The molecule has 20 heavy (non-hydrogen) atoms. The molecule has 1 amide bonds. The van der Waals surface area contributed by atoms with Crippen LogP contribution >= 0.6 is 11.3 Å². The quantitative estimate of drug-likeness (QED) is 0.849. The van der Waals surface area contributed by atoms with Gasteiger partial charge in [-0.25, -0.2) is 4.98 Å². The van der Waals surface area contributed by atoms with Crippen LogP contribution in [0.3, 0.4) is 0 Å². The van der Waals surface area contributed by atoms with E-state index in [1.807, 2.05) is 19.1 Å². The first kappa shape index (κ1) is 14.6. The van der Waals surface area contributed by atoms with E-state index in [1.54, 1.807) is 36.8 Å². The number of hydrogen-bond acceptors (Lipinski definition) is 5. The average Bonchev–Trinajstić information content (AvgIpc) is 2.95. The Labute approximate surface area is 122 Å². The number of rotatable bonds is 5. The molecule has 0 aliphatic heterocycles. The Balaban J connectivity index is 2.11. The van der Waals surface area contributed by atoms with Crippen molar-refractivity contribution in [2.45, 2.75) is 19.6 Å². The van der Waals surface area contributed by atoms with E-state index >= 15 is 0 Å². The second kappa shape index (κ2) is 6.58. The Morgan fingerprint density at radius 3 is 2.80 bits per heavy atom. The molecule has 0 saturated carbocycles. The maximum Gasteiger partial charge on any atom is 0.273 e. The summed E-state index contributed by atoms with van der Waals surface area (Å²) >= 11 is 1.43. The maximum absolute atomic E-state index is 12.4. The van der Waals surface area contributed by atoms with Crippen molar-refractivity contribution >= 4 is 17.2 Å². The summed E-state index contributed by atoms with van der Waals surface area (Å²) in [4.78, 5) is 22.3. The van der Waals surface area contributed by atoms with Crippen LogP contribution in [0.25, 0.3) is 0 Å². The molecule has 0 saturated heterocycles. The van der Waals surface area contributed by atoms with Crippen molar-refractivity contribution in [3.63, 3.8) is 0 Å². The van der Waals surface area contributed by atoms with E-state index in [4.69, 9.17) is 4.74 Å². The van der Waals surface area contributed by atoms with Crippen LogP contribution in [0.1, 0.15) is 34.0 Å². The van der Waals surface area contributed by atoms with Gasteiger partial charge in [0, 0.05) is 31.9 Å². The summed E-state index contributed by atoms with van der Waals surface area (Å²) in [6.45, 7) is 2.41. The molecule has 0 aliphatic carbocycles.